The standard InChI is InChI=1S/C24H26N3O14P3/c1-15-7-9-16(10-8-15)11-12-17-13-27(24(31)25-22(17)30)23-21(29)20(28)19(39-23)14-38-43(34,35)41-44(36,37)40-42(32,33)26-18-5-3-2-4-6-18/h2-10,13,19-21,23,28-29H,14H2,1H3,(H,34,35)(H,36,37)(H,25,30,31)(H2,26,32,33)/p-3/t19-,20?,21+,23-/m1/s1. The Balaban J connectivity index is 1.42. The molecule has 2 aromatic carbocycles. The molecule has 4 N–H and O–H groups in total. The van der Waals surface area contributed by atoms with Crippen LogP contribution in [0.25, 0.3) is 0 Å². The number of aryl methyl sites for hydroxylation is 1. The molecule has 1 aliphatic rings. The number of aliphatic hydroxyl groups is 2. The van der Waals surface area contributed by atoms with Gasteiger partial charge in [0.25, 0.3) is 21.2 Å². The molecule has 236 valence electrons. The van der Waals surface area contributed by atoms with E-state index in [1.54, 1.807) is 35.4 Å². The molecule has 0 bridgehead atoms. The highest BCUT2D eigenvalue weighted by atomic mass is 31.3. The van der Waals surface area contributed by atoms with Crippen molar-refractivity contribution in [2.24, 2.45) is 0 Å². The van der Waals surface area contributed by atoms with Crippen molar-refractivity contribution in [1.82, 2.24) is 9.55 Å². The van der Waals surface area contributed by atoms with Crippen LogP contribution in [0.15, 0.2) is 70.4 Å². The van der Waals surface area contributed by atoms with Crippen LogP contribution in [0.2, 0.25) is 0 Å². The molecule has 2 heterocycles. The molecule has 4 rings (SSSR count). The summed E-state index contributed by atoms with van der Waals surface area (Å²) in [6, 6.07) is 13.9. The molecule has 0 spiro atoms. The number of hydrogen-bond acceptors (Lipinski definition) is 14. The van der Waals surface area contributed by atoms with Gasteiger partial charge >= 0.3 is 5.69 Å². The number of nitrogens with zero attached hydrogens (tertiary/aromatic N) is 1. The van der Waals surface area contributed by atoms with Gasteiger partial charge in [-0.3, -0.25) is 32.4 Å². The van der Waals surface area contributed by atoms with Gasteiger partial charge < -0.3 is 39.2 Å². The van der Waals surface area contributed by atoms with Gasteiger partial charge in [-0.2, -0.15) is 0 Å². The monoisotopic (exact) mass is 670 g/mol. The Bertz CT molecular complexity index is 1820. The Kier molecular flexibility index (Phi) is 10.3. The second-order valence-electron chi connectivity index (χ2n) is 9.20. The number of aromatic nitrogens is 2. The number of H-pyrrole nitrogens is 1. The fraction of sp³-hybridized carbons (Fsp3) is 0.250. The number of rotatable bonds is 10. The number of benzene rings is 2. The van der Waals surface area contributed by atoms with Gasteiger partial charge in [0.15, 0.2) is 6.23 Å². The van der Waals surface area contributed by atoms with Crippen molar-refractivity contribution in [2.75, 3.05) is 11.7 Å². The average Bonchev–Trinajstić information content (AvgIpc) is 3.20. The predicted molar refractivity (Wildman–Crippen MR) is 145 cm³/mol. The Labute approximate surface area is 248 Å². The molecule has 0 amide bonds. The van der Waals surface area contributed by atoms with Gasteiger partial charge in [0.1, 0.15) is 23.9 Å². The normalized spacial score (nSPS) is 23.9. The molecule has 7 atom stereocenters. The van der Waals surface area contributed by atoms with Crippen LogP contribution >= 0.6 is 23.4 Å². The molecule has 1 fully saturated rings. The van der Waals surface area contributed by atoms with E-state index in [0.717, 1.165) is 11.8 Å². The van der Waals surface area contributed by atoms with Gasteiger partial charge in [-0.1, -0.05) is 47.7 Å². The summed E-state index contributed by atoms with van der Waals surface area (Å²) in [7, 11) is -17.4. The minimum atomic E-state index is -6.10. The number of anilines is 1. The Morgan fingerprint density at radius 3 is 2.27 bits per heavy atom. The lowest BCUT2D eigenvalue weighted by Crippen LogP contribution is -2.38. The number of nitrogens with one attached hydrogen (secondary N) is 2. The molecule has 0 aliphatic carbocycles. The van der Waals surface area contributed by atoms with E-state index in [-0.39, 0.29) is 11.3 Å². The van der Waals surface area contributed by atoms with Crippen molar-refractivity contribution in [1.29, 1.82) is 0 Å². The first kappa shape index (κ1) is 33.7. The van der Waals surface area contributed by atoms with Crippen LogP contribution in [0.4, 0.5) is 5.69 Å². The molecule has 1 aliphatic heterocycles. The zero-order chi connectivity index (χ0) is 32.3. The fourth-order valence-corrected chi connectivity index (χ4v) is 7.35. The van der Waals surface area contributed by atoms with E-state index in [9.17, 15) is 48.2 Å². The van der Waals surface area contributed by atoms with Crippen molar-refractivity contribution in [3.63, 3.8) is 0 Å². The number of hydrogen-bond donors (Lipinski definition) is 4. The van der Waals surface area contributed by atoms with Gasteiger partial charge in [-0.15, -0.1) is 0 Å². The van der Waals surface area contributed by atoms with Gasteiger partial charge in [0.05, 0.1) is 6.61 Å². The van der Waals surface area contributed by atoms with Crippen LogP contribution in [0.3, 0.4) is 0 Å². The molecule has 1 saturated heterocycles. The highest BCUT2D eigenvalue weighted by Gasteiger charge is 2.45. The maximum atomic E-state index is 12.5. The zero-order valence-electron chi connectivity index (χ0n) is 22.4. The minimum absolute atomic E-state index is 0.0973. The fourth-order valence-electron chi connectivity index (χ4n) is 3.79. The van der Waals surface area contributed by atoms with E-state index < -0.39 is 65.8 Å². The SMILES string of the molecule is Cc1ccc(C#Cc2cn([C@@H]3O[C@H](COP(=O)([O-])OP(=O)([O-])OP(=O)([O-])Nc4ccccc4)C(O)[C@@H]3O)c(=O)[nH]c2=O)cc1. The largest absolute Gasteiger partial charge is 0.761 e. The zero-order valence-corrected chi connectivity index (χ0v) is 25.1. The van der Waals surface area contributed by atoms with Crippen LogP contribution in [-0.2, 0) is 31.6 Å². The molecular weight excluding hydrogens is 647 g/mol. The molecule has 20 heteroatoms. The van der Waals surface area contributed by atoms with Crippen molar-refractivity contribution >= 4 is 29.1 Å². The minimum Gasteiger partial charge on any atom is -0.761 e. The predicted octanol–water partition coefficient (Wildman–Crippen LogP) is -0.569. The highest BCUT2D eigenvalue weighted by molar-refractivity contribution is 7.67. The number of aliphatic hydroxyl groups excluding tert-OH is 2. The summed E-state index contributed by atoms with van der Waals surface area (Å²) in [6.45, 7) is 0.709. The van der Waals surface area contributed by atoms with E-state index in [1.165, 1.54) is 24.3 Å². The van der Waals surface area contributed by atoms with Crippen molar-refractivity contribution in [3.05, 3.63) is 98.3 Å². The van der Waals surface area contributed by atoms with Crippen LogP contribution in [0.1, 0.15) is 22.9 Å². The van der Waals surface area contributed by atoms with Gasteiger partial charge in [-0.25, -0.2) is 9.11 Å². The van der Waals surface area contributed by atoms with E-state index in [1.807, 2.05) is 11.9 Å². The van der Waals surface area contributed by atoms with Gasteiger partial charge in [0.2, 0.25) is 7.75 Å². The number of phosphoric acid groups is 2. The molecule has 1 aromatic heterocycles. The number of para-hydroxylation sites is 1. The molecule has 0 radical (unpaired) electrons. The van der Waals surface area contributed by atoms with Crippen LogP contribution in [0, 0.1) is 18.8 Å². The van der Waals surface area contributed by atoms with Crippen molar-refractivity contribution in [3.8, 4) is 11.8 Å². The lowest BCUT2D eigenvalue weighted by molar-refractivity contribution is -0.245. The number of aromatic amines is 1. The summed E-state index contributed by atoms with van der Waals surface area (Å²) < 4.78 is 54.2. The summed E-state index contributed by atoms with van der Waals surface area (Å²) in [6.07, 6.45) is -6.18. The second kappa shape index (κ2) is 13.4. The first-order chi connectivity index (χ1) is 20.5. The maximum Gasteiger partial charge on any atom is 0.330 e. The van der Waals surface area contributed by atoms with Gasteiger partial charge in [-0.05, 0) is 31.2 Å². The average molecular weight is 670 g/mol. The van der Waals surface area contributed by atoms with E-state index in [4.69, 9.17) is 4.74 Å². The van der Waals surface area contributed by atoms with Crippen molar-refractivity contribution < 1.29 is 56.5 Å². The first-order valence-corrected chi connectivity index (χ1v) is 16.8. The Morgan fingerprint density at radius 1 is 0.955 bits per heavy atom. The Morgan fingerprint density at radius 2 is 1.61 bits per heavy atom. The summed E-state index contributed by atoms with van der Waals surface area (Å²) in [4.78, 5) is 62.8. The molecule has 0 saturated carbocycles. The van der Waals surface area contributed by atoms with E-state index in [2.05, 4.69) is 25.0 Å². The summed E-state index contributed by atoms with van der Waals surface area (Å²) in [5.74, 6) is 5.33. The summed E-state index contributed by atoms with van der Waals surface area (Å²) >= 11 is 0. The van der Waals surface area contributed by atoms with E-state index in [0.29, 0.717) is 10.1 Å². The highest BCUT2D eigenvalue weighted by Crippen LogP contribution is 2.62. The molecule has 17 nitrogen and oxygen atoms in total. The quantitative estimate of drug-likeness (QED) is 0.155. The smallest absolute Gasteiger partial charge is 0.330 e. The summed E-state index contributed by atoms with van der Waals surface area (Å²) in [5.41, 5.74) is -0.696. The third kappa shape index (κ3) is 8.93. The topological polar surface area (TPSA) is 265 Å². The molecule has 3 aromatic rings. The lowest BCUT2D eigenvalue weighted by Gasteiger charge is -2.35. The maximum absolute atomic E-state index is 12.5. The van der Waals surface area contributed by atoms with Gasteiger partial charge in [0, 0.05) is 17.4 Å². The van der Waals surface area contributed by atoms with Crippen LogP contribution in [0.5, 0.6) is 0 Å². The third-order valence-electron chi connectivity index (χ3n) is 5.82. The third-order valence-corrected chi connectivity index (χ3v) is 10.1. The lowest BCUT2D eigenvalue weighted by atomic mass is 10.1. The number of ether oxygens (including phenoxy) is 1. The first-order valence-electron chi connectivity index (χ1n) is 12.3. The van der Waals surface area contributed by atoms with Crippen LogP contribution < -0.4 is 31.0 Å². The molecule has 4 unspecified atom stereocenters. The van der Waals surface area contributed by atoms with Crippen LogP contribution in [-0.4, -0.2) is 44.7 Å². The molecule has 44 heavy (non-hydrogen) atoms. The Hall–Kier alpha value is -3.19. The van der Waals surface area contributed by atoms with Crippen molar-refractivity contribution in [2.45, 2.75) is 31.5 Å². The second-order valence-corrected chi connectivity index (χ2v) is 13.8. The van der Waals surface area contributed by atoms with E-state index >= 15 is 0 Å². The molecular formula is C24H23N3O14P3-3. The number of phosphoric ester groups is 1. The summed E-state index contributed by atoms with van der Waals surface area (Å²) in [5, 5.41) is 22.6.